The summed E-state index contributed by atoms with van der Waals surface area (Å²) in [6, 6.07) is 0. The molecular formula is C11H15NO3. The van der Waals surface area contributed by atoms with Gasteiger partial charge in [-0.25, -0.2) is 0 Å². The molecule has 4 heteroatoms. The molecule has 0 aromatic rings. The third-order valence-electron chi connectivity index (χ3n) is 3.64. The predicted octanol–water partition coefficient (Wildman–Crippen LogP) is 0.0797. The summed E-state index contributed by atoms with van der Waals surface area (Å²) in [7, 11) is 0. The highest BCUT2D eigenvalue weighted by Crippen LogP contribution is 2.40. The average molecular weight is 209 g/mol. The Kier molecular flexibility index (Phi) is 2.38. The molecule has 0 saturated carbocycles. The van der Waals surface area contributed by atoms with Crippen molar-refractivity contribution in [3.05, 3.63) is 11.6 Å². The zero-order chi connectivity index (χ0) is 11.2. The van der Waals surface area contributed by atoms with Crippen molar-refractivity contribution in [2.75, 3.05) is 6.61 Å². The number of aliphatic hydroxyl groups is 1. The Hall–Kier alpha value is -1.16. The molecule has 4 nitrogen and oxygen atoms in total. The topological polar surface area (TPSA) is 66.4 Å². The fraction of sp³-hybridized carbons (Fsp3) is 0.636. The Balaban J connectivity index is 2.41. The van der Waals surface area contributed by atoms with Crippen LogP contribution in [0.1, 0.15) is 13.8 Å². The van der Waals surface area contributed by atoms with Gasteiger partial charge in [-0.15, -0.1) is 0 Å². The summed E-state index contributed by atoms with van der Waals surface area (Å²) in [5.74, 6) is -1.22. The molecule has 1 fully saturated rings. The molecule has 0 spiro atoms. The lowest BCUT2D eigenvalue weighted by Crippen LogP contribution is -2.36. The Morgan fingerprint density at radius 1 is 1.33 bits per heavy atom. The van der Waals surface area contributed by atoms with Gasteiger partial charge in [0.2, 0.25) is 11.8 Å². The van der Waals surface area contributed by atoms with Crippen LogP contribution < -0.4 is 5.32 Å². The van der Waals surface area contributed by atoms with Gasteiger partial charge in [-0.3, -0.25) is 14.9 Å². The van der Waals surface area contributed by atoms with Gasteiger partial charge < -0.3 is 5.11 Å². The van der Waals surface area contributed by atoms with Gasteiger partial charge in [-0.05, 0) is 12.8 Å². The fourth-order valence-corrected chi connectivity index (χ4v) is 2.66. The summed E-state index contributed by atoms with van der Waals surface area (Å²) in [5.41, 5.74) is 1.08. The minimum atomic E-state index is -0.374. The molecule has 2 rings (SSSR count). The molecule has 0 radical (unpaired) electrons. The average Bonchev–Trinajstić information content (AvgIpc) is 2.48. The maximum absolute atomic E-state index is 11.6. The van der Waals surface area contributed by atoms with E-state index < -0.39 is 0 Å². The lowest BCUT2D eigenvalue weighted by Gasteiger charge is -2.32. The SMILES string of the molecule is CC1=C[C@@H](CO)[C@H]2C(=O)NC(=O)[C@@H]2[C@H]1C. The fourth-order valence-electron chi connectivity index (χ4n) is 2.66. The normalized spacial score (nSPS) is 39.8. The van der Waals surface area contributed by atoms with E-state index in [9.17, 15) is 14.7 Å². The van der Waals surface area contributed by atoms with E-state index >= 15 is 0 Å². The van der Waals surface area contributed by atoms with Crippen molar-refractivity contribution in [2.24, 2.45) is 23.7 Å². The highest BCUT2D eigenvalue weighted by Gasteiger charge is 2.50. The maximum Gasteiger partial charge on any atom is 0.231 e. The van der Waals surface area contributed by atoms with Crippen molar-refractivity contribution < 1.29 is 14.7 Å². The molecule has 1 heterocycles. The summed E-state index contributed by atoms with van der Waals surface area (Å²) >= 11 is 0. The van der Waals surface area contributed by atoms with E-state index in [2.05, 4.69) is 5.32 Å². The van der Waals surface area contributed by atoms with Crippen LogP contribution in [0.2, 0.25) is 0 Å². The van der Waals surface area contributed by atoms with E-state index in [-0.39, 0.29) is 42.1 Å². The standard InChI is InChI=1S/C11H15NO3/c1-5-3-7(4-13)9-8(6(5)2)10(14)12-11(9)15/h3,6-9,13H,4H2,1-2H3,(H,12,14,15)/t6-,7-,8+,9+/m0/s1. The number of fused-ring (bicyclic) bond motifs is 1. The third-order valence-corrected chi connectivity index (χ3v) is 3.64. The van der Waals surface area contributed by atoms with Gasteiger partial charge in [0.1, 0.15) is 0 Å². The molecule has 0 unspecified atom stereocenters. The van der Waals surface area contributed by atoms with Crippen molar-refractivity contribution in [1.82, 2.24) is 5.32 Å². The van der Waals surface area contributed by atoms with Crippen LogP contribution in [-0.4, -0.2) is 23.5 Å². The van der Waals surface area contributed by atoms with E-state index in [4.69, 9.17) is 0 Å². The first kappa shape index (κ1) is 10.4. The first-order valence-corrected chi connectivity index (χ1v) is 5.20. The lowest BCUT2D eigenvalue weighted by molar-refractivity contribution is -0.126. The van der Waals surface area contributed by atoms with Crippen LogP contribution in [0.15, 0.2) is 11.6 Å². The van der Waals surface area contributed by atoms with Gasteiger partial charge in [0.15, 0.2) is 0 Å². The van der Waals surface area contributed by atoms with Gasteiger partial charge in [0.25, 0.3) is 0 Å². The summed E-state index contributed by atoms with van der Waals surface area (Å²) < 4.78 is 0. The quantitative estimate of drug-likeness (QED) is 0.475. The van der Waals surface area contributed by atoms with Gasteiger partial charge in [0.05, 0.1) is 18.4 Å². The van der Waals surface area contributed by atoms with Crippen molar-refractivity contribution in [1.29, 1.82) is 0 Å². The number of allylic oxidation sites excluding steroid dienone is 1. The summed E-state index contributed by atoms with van der Waals surface area (Å²) in [6.45, 7) is 3.82. The molecule has 0 aromatic heterocycles. The number of carbonyl (C=O) groups excluding carboxylic acids is 2. The number of hydrogen-bond acceptors (Lipinski definition) is 3. The number of carbonyl (C=O) groups is 2. The number of nitrogens with one attached hydrogen (secondary N) is 1. The molecule has 0 aromatic carbocycles. The minimum absolute atomic E-state index is 0.0775. The first-order chi connectivity index (χ1) is 7.06. The summed E-state index contributed by atoms with van der Waals surface area (Å²) in [5, 5.41) is 11.6. The Morgan fingerprint density at radius 3 is 2.53 bits per heavy atom. The highest BCUT2D eigenvalue weighted by atomic mass is 16.3. The zero-order valence-corrected chi connectivity index (χ0v) is 8.86. The lowest BCUT2D eigenvalue weighted by atomic mass is 9.69. The van der Waals surface area contributed by atoms with Gasteiger partial charge in [-0.1, -0.05) is 18.6 Å². The second-order valence-electron chi connectivity index (χ2n) is 4.45. The maximum atomic E-state index is 11.6. The molecule has 15 heavy (non-hydrogen) atoms. The molecule has 2 amide bonds. The van der Waals surface area contributed by atoms with Crippen LogP contribution in [0, 0.1) is 23.7 Å². The predicted molar refractivity (Wildman–Crippen MR) is 53.6 cm³/mol. The molecule has 1 aliphatic carbocycles. The molecule has 0 bridgehead atoms. The smallest absolute Gasteiger partial charge is 0.231 e. The molecule has 2 aliphatic rings. The van der Waals surface area contributed by atoms with Crippen molar-refractivity contribution >= 4 is 11.8 Å². The Morgan fingerprint density at radius 2 is 1.93 bits per heavy atom. The van der Waals surface area contributed by atoms with E-state index in [1.807, 2.05) is 19.9 Å². The highest BCUT2D eigenvalue weighted by molar-refractivity contribution is 6.05. The van der Waals surface area contributed by atoms with Gasteiger partial charge >= 0.3 is 0 Å². The Bertz CT molecular complexity index is 348. The van der Waals surface area contributed by atoms with Crippen LogP contribution in [0.4, 0.5) is 0 Å². The second kappa shape index (κ2) is 3.45. The summed E-state index contributed by atoms with van der Waals surface area (Å²) in [4.78, 5) is 23.2. The minimum Gasteiger partial charge on any atom is -0.396 e. The van der Waals surface area contributed by atoms with Crippen LogP contribution in [0.25, 0.3) is 0 Å². The van der Waals surface area contributed by atoms with Crippen molar-refractivity contribution in [3.8, 4) is 0 Å². The molecule has 1 saturated heterocycles. The van der Waals surface area contributed by atoms with Crippen LogP contribution in [0.3, 0.4) is 0 Å². The van der Waals surface area contributed by atoms with E-state index in [1.165, 1.54) is 0 Å². The molecular weight excluding hydrogens is 194 g/mol. The number of aliphatic hydroxyl groups excluding tert-OH is 1. The van der Waals surface area contributed by atoms with Crippen molar-refractivity contribution in [3.63, 3.8) is 0 Å². The number of rotatable bonds is 1. The molecule has 2 N–H and O–H groups in total. The van der Waals surface area contributed by atoms with Gasteiger partial charge in [0, 0.05) is 5.92 Å². The third kappa shape index (κ3) is 1.40. The first-order valence-electron chi connectivity index (χ1n) is 5.20. The number of imide groups is 1. The summed E-state index contributed by atoms with van der Waals surface area (Å²) in [6.07, 6.45) is 1.92. The number of amides is 2. The van der Waals surface area contributed by atoms with Crippen LogP contribution in [-0.2, 0) is 9.59 Å². The zero-order valence-electron chi connectivity index (χ0n) is 8.86. The molecule has 4 atom stereocenters. The number of hydrogen-bond donors (Lipinski definition) is 2. The van der Waals surface area contributed by atoms with Gasteiger partial charge in [-0.2, -0.15) is 0 Å². The van der Waals surface area contributed by atoms with E-state index in [1.54, 1.807) is 0 Å². The largest absolute Gasteiger partial charge is 0.396 e. The molecule has 1 aliphatic heterocycles. The second-order valence-corrected chi connectivity index (χ2v) is 4.45. The van der Waals surface area contributed by atoms with E-state index in [0.29, 0.717) is 0 Å². The van der Waals surface area contributed by atoms with Crippen LogP contribution in [0.5, 0.6) is 0 Å². The van der Waals surface area contributed by atoms with Crippen LogP contribution >= 0.6 is 0 Å². The molecule has 82 valence electrons. The monoisotopic (exact) mass is 209 g/mol. The Labute approximate surface area is 88.4 Å². The van der Waals surface area contributed by atoms with E-state index in [0.717, 1.165) is 5.57 Å². The van der Waals surface area contributed by atoms with Crippen molar-refractivity contribution in [2.45, 2.75) is 13.8 Å².